The molecule has 19 heavy (non-hydrogen) atoms. The Morgan fingerprint density at radius 1 is 1.37 bits per heavy atom. The van der Waals surface area contributed by atoms with Crippen LogP contribution < -0.4 is 5.73 Å². The molecule has 2 unspecified atom stereocenters. The fourth-order valence-corrected chi connectivity index (χ4v) is 2.42. The van der Waals surface area contributed by atoms with Crippen LogP contribution in [0.1, 0.15) is 23.3 Å². The third-order valence-corrected chi connectivity index (χ3v) is 3.62. The lowest BCUT2D eigenvalue weighted by molar-refractivity contribution is 0.119. The SMILES string of the molecule is NCC(c1cccc(Cl)c1F)C(O)c1ccc(Br)o1. The fraction of sp³-hybridized carbons (Fsp3) is 0.231. The number of hydrogen-bond donors (Lipinski definition) is 2. The molecule has 0 fully saturated rings. The Labute approximate surface area is 123 Å². The van der Waals surface area contributed by atoms with Gasteiger partial charge in [-0.1, -0.05) is 23.7 Å². The highest BCUT2D eigenvalue weighted by Gasteiger charge is 2.27. The number of aliphatic hydroxyl groups excluding tert-OH is 1. The molecule has 2 atom stereocenters. The molecule has 0 amide bonds. The van der Waals surface area contributed by atoms with Crippen molar-refractivity contribution in [1.82, 2.24) is 0 Å². The standard InChI is InChI=1S/C13H12BrClFNO2/c14-11-5-4-10(19-11)13(18)8(6-17)7-2-1-3-9(15)12(7)16/h1-5,8,13,18H,6,17H2. The van der Waals surface area contributed by atoms with Crippen LogP contribution in [0.5, 0.6) is 0 Å². The zero-order chi connectivity index (χ0) is 14.0. The normalized spacial score (nSPS) is 14.4. The van der Waals surface area contributed by atoms with Crippen molar-refractivity contribution in [3.05, 3.63) is 57.2 Å². The van der Waals surface area contributed by atoms with Gasteiger partial charge >= 0.3 is 0 Å². The van der Waals surface area contributed by atoms with Gasteiger partial charge in [0.15, 0.2) is 4.67 Å². The molecule has 2 rings (SSSR count). The molecule has 0 aliphatic heterocycles. The maximum absolute atomic E-state index is 14.0. The lowest BCUT2D eigenvalue weighted by Gasteiger charge is -2.21. The van der Waals surface area contributed by atoms with Crippen LogP contribution in [0.25, 0.3) is 0 Å². The first kappa shape index (κ1) is 14.5. The maximum atomic E-state index is 14.0. The van der Waals surface area contributed by atoms with E-state index in [-0.39, 0.29) is 17.1 Å². The van der Waals surface area contributed by atoms with Gasteiger partial charge in [0, 0.05) is 12.5 Å². The minimum Gasteiger partial charge on any atom is -0.452 e. The molecule has 6 heteroatoms. The zero-order valence-corrected chi connectivity index (χ0v) is 12.2. The van der Waals surface area contributed by atoms with E-state index in [4.69, 9.17) is 21.8 Å². The van der Waals surface area contributed by atoms with Crippen molar-refractivity contribution < 1.29 is 13.9 Å². The first-order chi connectivity index (χ1) is 9.04. The van der Waals surface area contributed by atoms with Crippen molar-refractivity contribution in [1.29, 1.82) is 0 Å². The Morgan fingerprint density at radius 3 is 2.68 bits per heavy atom. The van der Waals surface area contributed by atoms with Gasteiger partial charge in [0.1, 0.15) is 17.7 Å². The third kappa shape index (κ3) is 3.00. The first-order valence-electron chi connectivity index (χ1n) is 5.62. The Hall–Kier alpha value is -0.880. The second-order valence-electron chi connectivity index (χ2n) is 4.07. The molecule has 0 saturated carbocycles. The van der Waals surface area contributed by atoms with E-state index in [1.807, 2.05) is 0 Å². The Bertz CT molecular complexity index is 576. The smallest absolute Gasteiger partial charge is 0.169 e. The fourth-order valence-electron chi connectivity index (χ4n) is 1.92. The molecule has 0 saturated heterocycles. The van der Waals surface area contributed by atoms with Crippen LogP contribution in [0.4, 0.5) is 4.39 Å². The van der Waals surface area contributed by atoms with Crippen molar-refractivity contribution in [3.63, 3.8) is 0 Å². The van der Waals surface area contributed by atoms with Crippen LogP contribution in [-0.4, -0.2) is 11.7 Å². The van der Waals surface area contributed by atoms with Crippen LogP contribution >= 0.6 is 27.5 Å². The van der Waals surface area contributed by atoms with Crippen molar-refractivity contribution in [3.8, 4) is 0 Å². The topological polar surface area (TPSA) is 59.4 Å². The number of furan rings is 1. The summed E-state index contributed by atoms with van der Waals surface area (Å²) in [6, 6.07) is 7.89. The van der Waals surface area contributed by atoms with E-state index >= 15 is 0 Å². The van der Waals surface area contributed by atoms with E-state index < -0.39 is 17.8 Å². The molecular formula is C13H12BrClFNO2. The maximum Gasteiger partial charge on any atom is 0.169 e. The molecule has 1 aromatic carbocycles. The van der Waals surface area contributed by atoms with Crippen LogP contribution in [0.15, 0.2) is 39.4 Å². The van der Waals surface area contributed by atoms with E-state index in [1.165, 1.54) is 6.07 Å². The van der Waals surface area contributed by atoms with Gasteiger partial charge in [-0.15, -0.1) is 0 Å². The van der Waals surface area contributed by atoms with Crippen LogP contribution in [-0.2, 0) is 0 Å². The quantitative estimate of drug-likeness (QED) is 0.887. The number of hydrogen-bond acceptors (Lipinski definition) is 3. The molecule has 1 aromatic heterocycles. The lowest BCUT2D eigenvalue weighted by atomic mass is 9.91. The Balaban J connectivity index is 2.36. The summed E-state index contributed by atoms with van der Waals surface area (Å²) in [6.07, 6.45) is -1.04. The average molecular weight is 349 g/mol. The predicted octanol–water partition coefficient (Wildman–Crippen LogP) is 3.61. The van der Waals surface area contributed by atoms with E-state index in [0.717, 1.165) is 0 Å². The molecule has 0 radical (unpaired) electrons. The predicted molar refractivity (Wildman–Crippen MR) is 74.6 cm³/mol. The van der Waals surface area contributed by atoms with Crippen LogP contribution in [0.2, 0.25) is 5.02 Å². The third-order valence-electron chi connectivity index (χ3n) is 2.90. The summed E-state index contributed by atoms with van der Waals surface area (Å²) in [7, 11) is 0. The highest BCUT2D eigenvalue weighted by Crippen LogP contribution is 2.34. The molecule has 0 aliphatic rings. The molecule has 0 bridgehead atoms. The summed E-state index contributed by atoms with van der Waals surface area (Å²) in [5.74, 6) is -0.872. The summed E-state index contributed by atoms with van der Waals surface area (Å²) in [4.78, 5) is 0. The van der Waals surface area contributed by atoms with Crippen molar-refractivity contribution >= 4 is 27.5 Å². The van der Waals surface area contributed by atoms with Crippen LogP contribution in [0.3, 0.4) is 0 Å². The minimum atomic E-state index is -1.04. The Morgan fingerprint density at radius 2 is 2.11 bits per heavy atom. The second kappa shape index (κ2) is 6.05. The van der Waals surface area contributed by atoms with Gasteiger partial charge < -0.3 is 15.3 Å². The minimum absolute atomic E-state index is 0.00350. The van der Waals surface area contributed by atoms with E-state index in [2.05, 4.69) is 15.9 Å². The molecule has 1 heterocycles. The van der Waals surface area contributed by atoms with Crippen molar-refractivity contribution in [2.45, 2.75) is 12.0 Å². The molecule has 3 N–H and O–H groups in total. The van der Waals surface area contributed by atoms with Crippen molar-refractivity contribution in [2.75, 3.05) is 6.54 Å². The number of benzene rings is 1. The number of aliphatic hydroxyl groups is 1. The van der Waals surface area contributed by atoms with E-state index in [0.29, 0.717) is 10.4 Å². The molecule has 0 aliphatic carbocycles. The number of nitrogens with two attached hydrogens (primary N) is 1. The molecule has 3 nitrogen and oxygen atoms in total. The van der Waals surface area contributed by atoms with Gasteiger partial charge in [-0.2, -0.15) is 0 Å². The van der Waals surface area contributed by atoms with Crippen LogP contribution in [0, 0.1) is 5.82 Å². The Kier molecular flexibility index (Phi) is 4.62. The van der Waals surface area contributed by atoms with Crippen molar-refractivity contribution in [2.24, 2.45) is 5.73 Å². The summed E-state index contributed by atoms with van der Waals surface area (Å²) in [6.45, 7) is 0.0662. The van der Waals surface area contributed by atoms with Gasteiger partial charge in [-0.25, -0.2) is 4.39 Å². The number of halogens is 3. The highest BCUT2D eigenvalue weighted by molar-refractivity contribution is 9.10. The molecule has 2 aromatic rings. The van der Waals surface area contributed by atoms with Gasteiger partial charge in [-0.3, -0.25) is 0 Å². The van der Waals surface area contributed by atoms with E-state index in [9.17, 15) is 9.50 Å². The second-order valence-corrected chi connectivity index (χ2v) is 5.26. The van der Waals surface area contributed by atoms with Gasteiger partial charge in [-0.05, 0) is 39.7 Å². The molecule has 102 valence electrons. The monoisotopic (exact) mass is 347 g/mol. The van der Waals surface area contributed by atoms with Gasteiger partial charge in [0.2, 0.25) is 0 Å². The zero-order valence-electron chi connectivity index (χ0n) is 9.82. The summed E-state index contributed by atoms with van der Waals surface area (Å²) < 4.78 is 19.7. The summed E-state index contributed by atoms with van der Waals surface area (Å²) in [5, 5.41) is 10.3. The molecular weight excluding hydrogens is 337 g/mol. The highest BCUT2D eigenvalue weighted by atomic mass is 79.9. The van der Waals surface area contributed by atoms with Gasteiger partial charge in [0.05, 0.1) is 5.02 Å². The van der Waals surface area contributed by atoms with E-state index in [1.54, 1.807) is 24.3 Å². The first-order valence-corrected chi connectivity index (χ1v) is 6.79. The largest absolute Gasteiger partial charge is 0.452 e. The summed E-state index contributed by atoms with van der Waals surface area (Å²) in [5.41, 5.74) is 5.92. The molecule has 0 spiro atoms. The average Bonchev–Trinajstić information content (AvgIpc) is 2.82. The lowest BCUT2D eigenvalue weighted by Crippen LogP contribution is -2.21. The number of rotatable bonds is 4. The summed E-state index contributed by atoms with van der Waals surface area (Å²) >= 11 is 8.89. The van der Waals surface area contributed by atoms with Gasteiger partial charge in [0.25, 0.3) is 0 Å².